The molecule has 232 valence electrons. The second kappa shape index (κ2) is 14.7. The van der Waals surface area contributed by atoms with Crippen LogP contribution in [0.3, 0.4) is 0 Å². The fourth-order valence-corrected chi connectivity index (χ4v) is 10.3. The van der Waals surface area contributed by atoms with Crippen LogP contribution in [-0.4, -0.2) is 34.5 Å². The number of aromatic nitrogens is 1. The van der Waals surface area contributed by atoms with Crippen molar-refractivity contribution in [1.29, 1.82) is 0 Å². The van der Waals surface area contributed by atoms with Gasteiger partial charge in [0.05, 0.1) is 18.8 Å². The Labute approximate surface area is 268 Å². The molecule has 1 aliphatic heterocycles. The molecule has 2 heterocycles. The molecule has 3 aromatic rings. The van der Waals surface area contributed by atoms with Crippen LogP contribution >= 0.6 is 21.6 Å². The number of Topliss-reactive ketones (excluding diaryl/α,β-unsaturated/α-hetero) is 1. The summed E-state index contributed by atoms with van der Waals surface area (Å²) < 4.78 is 5.37. The van der Waals surface area contributed by atoms with E-state index in [1.165, 1.54) is 31.6 Å². The van der Waals surface area contributed by atoms with Crippen LogP contribution in [0.15, 0.2) is 60.8 Å². The Morgan fingerprint density at radius 3 is 2.57 bits per heavy atom. The van der Waals surface area contributed by atoms with E-state index < -0.39 is 0 Å². The molecule has 2 bridgehead atoms. The third kappa shape index (κ3) is 7.35. The maximum Gasteiger partial charge on any atom is 0.163 e. The lowest BCUT2D eigenvalue weighted by atomic mass is 9.73. The van der Waals surface area contributed by atoms with E-state index in [4.69, 9.17) is 15.5 Å². The normalized spacial score (nSPS) is 21.3. The van der Waals surface area contributed by atoms with Crippen molar-refractivity contribution in [3.05, 3.63) is 88.6 Å². The molecule has 1 saturated carbocycles. The summed E-state index contributed by atoms with van der Waals surface area (Å²) in [5, 5.41) is 10.7. The number of phenolic OH excluding ortho intramolecular Hbond substituents is 1. The molecular formula is C36H42N2O4S2. The number of carbonyl (C=O) groups is 2. The smallest absolute Gasteiger partial charge is 0.163 e. The molecule has 3 N–H and O–H groups in total. The number of phenols is 1. The molecule has 6 nitrogen and oxygen atoms in total. The largest absolute Gasteiger partial charge is 0.504 e. The average Bonchev–Trinajstić information content (AvgIpc) is 3.52. The van der Waals surface area contributed by atoms with Crippen LogP contribution < -0.4 is 10.5 Å². The number of ether oxygens (including phenoxy) is 1. The van der Waals surface area contributed by atoms with E-state index in [-0.39, 0.29) is 34.4 Å². The summed E-state index contributed by atoms with van der Waals surface area (Å²) in [6.45, 7) is 2.18. The molecule has 44 heavy (non-hydrogen) atoms. The van der Waals surface area contributed by atoms with Gasteiger partial charge in [-0.3, -0.25) is 9.59 Å². The van der Waals surface area contributed by atoms with Gasteiger partial charge < -0.3 is 15.6 Å². The Balaban J connectivity index is 1.62. The van der Waals surface area contributed by atoms with Gasteiger partial charge in [-0.05, 0) is 78.1 Å². The lowest BCUT2D eigenvalue weighted by molar-refractivity contribution is -0.124. The average molecular weight is 631 g/mol. The summed E-state index contributed by atoms with van der Waals surface area (Å²) >= 11 is 0. The zero-order chi connectivity index (χ0) is 31.1. The fourth-order valence-electron chi connectivity index (χ4n) is 6.58. The minimum atomic E-state index is -0.228. The molecule has 8 heteroatoms. The molecule has 0 unspecified atom stereocenters. The number of hydrogen-bond acceptors (Lipinski definition) is 8. The number of carbonyl (C=O) groups excluding carboxylic acids is 2. The quantitative estimate of drug-likeness (QED) is 0.219. The van der Waals surface area contributed by atoms with Gasteiger partial charge in [0.15, 0.2) is 17.3 Å². The molecular weight excluding hydrogens is 589 g/mol. The third-order valence-electron chi connectivity index (χ3n) is 9.17. The standard InChI is InChI=1S/C36H42N2O4S2/c1-3-24-11-13-29(39)21-30(40)14-12-26-20-33(42-2)32(41)19-27(26)17-25-18-31(35(37)38-22-25)34(44-43-23-24)36(15-7-8-16-36)28-9-5-4-6-10-28/h4-6,9-10,12,14,18-20,22,24,34,41H,3,7-8,11,13,15-17,21,23H2,1-2H3,(H2,37,38)/t24-,34+/m0/s1. The van der Waals surface area contributed by atoms with Crippen LogP contribution in [0.2, 0.25) is 0 Å². The van der Waals surface area contributed by atoms with E-state index in [0.717, 1.165) is 53.7 Å². The number of aromatic hydroxyl groups is 1. The molecule has 2 aromatic carbocycles. The number of benzene rings is 2. The van der Waals surface area contributed by atoms with E-state index in [1.54, 1.807) is 18.2 Å². The van der Waals surface area contributed by atoms with Gasteiger partial charge in [0.2, 0.25) is 0 Å². The highest BCUT2D eigenvalue weighted by molar-refractivity contribution is 8.76. The SMILES string of the molecule is CC[C@H]1CCC(=O)CC(=O)C=Cc2cc(OC)c(O)cc2Cc2cnc(N)c(c2)[C@H](C2(c3ccccc3)CCCC2)SSC1. The van der Waals surface area contributed by atoms with Gasteiger partial charge in [0.1, 0.15) is 11.6 Å². The van der Waals surface area contributed by atoms with Crippen LogP contribution in [-0.2, 0) is 21.4 Å². The van der Waals surface area contributed by atoms with Crippen molar-refractivity contribution in [3.63, 3.8) is 0 Å². The second-order valence-corrected chi connectivity index (χ2v) is 14.6. The monoisotopic (exact) mass is 630 g/mol. The van der Waals surface area contributed by atoms with Crippen molar-refractivity contribution in [1.82, 2.24) is 4.98 Å². The van der Waals surface area contributed by atoms with Gasteiger partial charge in [-0.1, -0.05) is 84.2 Å². The Bertz CT molecular complexity index is 1500. The molecule has 2 atom stereocenters. The molecule has 0 amide bonds. The highest BCUT2D eigenvalue weighted by Gasteiger charge is 2.45. The van der Waals surface area contributed by atoms with Gasteiger partial charge in [0.25, 0.3) is 0 Å². The van der Waals surface area contributed by atoms with Crippen LogP contribution in [0, 0.1) is 5.92 Å². The summed E-state index contributed by atoms with van der Waals surface area (Å²) in [6.07, 6.45) is 12.0. The molecule has 1 fully saturated rings. The van der Waals surface area contributed by atoms with Crippen molar-refractivity contribution in [2.75, 3.05) is 18.6 Å². The number of anilines is 1. The van der Waals surface area contributed by atoms with Crippen molar-refractivity contribution < 1.29 is 19.4 Å². The van der Waals surface area contributed by atoms with E-state index >= 15 is 0 Å². The summed E-state index contributed by atoms with van der Waals surface area (Å²) in [5.74, 6) is 1.94. The number of nitrogen functional groups attached to an aromatic ring is 1. The predicted molar refractivity (Wildman–Crippen MR) is 182 cm³/mol. The number of rotatable bonds is 4. The Morgan fingerprint density at radius 2 is 1.84 bits per heavy atom. The van der Waals surface area contributed by atoms with E-state index in [1.807, 2.05) is 27.8 Å². The number of nitrogens with zero attached hydrogens (tertiary/aromatic N) is 1. The first kappa shape index (κ1) is 32.2. The van der Waals surface area contributed by atoms with Crippen LogP contribution in [0.5, 0.6) is 11.5 Å². The number of nitrogens with two attached hydrogens (primary N) is 1. The van der Waals surface area contributed by atoms with Gasteiger partial charge in [0, 0.05) is 29.3 Å². The fraction of sp³-hybridized carbons (Fsp3) is 0.417. The van der Waals surface area contributed by atoms with Crippen molar-refractivity contribution >= 4 is 45.0 Å². The minimum Gasteiger partial charge on any atom is -0.504 e. The maximum absolute atomic E-state index is 12.8. The number of hydrogen-bond donors (Lipinski definition) is 2. The zero-order valence-corrected chi connectivity index (χ0v) is 27.2. The molecule has 0 spiro atoms. The topological polar surface area (TPSA) is 103 Å². The summed E-state index contributed by atoms with van der Waals surface area (Å²) in [4.78, 5) is 30.2. The number of ketones is 2. The summed E-state index contributed by atoms with van der Waals surface area (Å²) in [7, 11) is 5.26. The van der Waals surface area contributed by atoms with E-state index in [0.29, 0.717) is 30.3 Å². The first-order chi connectivity index (χ1) is 21.3. The third-order valence-corrected chi connectivity index (χ3v) is 12.2. The van der Waals surface area contributed by atoms with Crippen LogP contribution in [0.4, 0.5) is 5.82 Å². The van der Waals surface area contributed by atoms with Gasteiger partial charge in [-0.25, -0.2) is 4.98 Å². The first-order valence-corrected chi connectivity index (χ1v) is 17.9. The molecule has 5 rings (SSSR count). The predicted octanol–water partition coefficient (Wildman–Crippen LogP) is 8.26. The van der Waals surface area contributed by atoms with Crippen molar-refractivity contribution in [2.24, 2.45) is 5.92 Å². The van der Waals surface area contributed by atoms with E-state index in [2.05, 4.69) is 43.3 Å². The number of fused-ring (bicyclic) bond motifs is 3. The van der Waals surface area contributed by atoms with Crippen LogP contribution in [0.1, 0.15) is 91.4 Å². The first-order valence-electron chi connectivity index (χ1n) is 15.5. The van der Waals surface area contributed by atoms with E-state index in [9.17, 15) is 14.7 Å². The maximum atomic E-state index is 12.8. The van der Waals surface area contributed by atoms with Gasteiger partial charge in [-0.2, -0.15) is 0 Å². The lowest BCUT2D eigenvalue weighted by Gasteiger charge is -2.38. The Hall–Kier alpha value is -3.23. The van der Waals surface area contributed by atoms with Gasteiger partial charge in [-0.15, -0.1) is 0 Å². The van der Waals surface area contributed by atoms with Crippen molar-refractivity contribution in [2.45, 2.75) is 75.4 Å². The second-order valence-electron chi connectivity index (χ2n) is 12.0. The Morgan fingerprint density at radius 1 is 1.07 bits per heavy atom. The number of methoxy groups -OCH3 is 1. The summed E-state index contributed by atoms with van der Waals surface area (Å²) in [5.41, 5.74) is 11.6. The Kier molecular flexibility index (Phi) is 10.7. The molecule has 1 aliphatic carbocycles. The van der Waals surface area contributed by atoms with Crippen LogP contribution in [0.25, 0.3) is 6.08 Å². The number of allylic oxidation sites excluding steroid dienone is 1. The molecule has 2 aliphatic rings. The summed E-state index contributed by atoms with van der Waals surface area (Å²) in [6, 6.07) is 16.5. The zero-order valence-electron chi connectivity index (χ0n) is 25.6. The lowest BCUT2D eigenvalue weighted by Crippen LogP contribution is -2.29. The minimum absolute atomic E-state index is 0.0243. The molecule has 1 aromatic heterocycles. The molecule has 0 radical (unpaired) electrons. The van der Waals surface area contributed by atoms with Gasteiger partial charge >= 0.3 is 0 Å². The highest BCUT2D eigenvalue weighted by Crippen LogP contribution is 2.59. The highest BCUT2D eigenvalue weighted by atomic mass is 33.1. The van der Waals surface area contributed by atoms with Crippen molar-refractivity contribution in [3.8, 4) is 11.5 Å². The number of pyridine rings is 1. The molecule has 0 saturated heterocycles.